The molecule has 0 aliphatic carbocycles. The van der Waals surface area contributed by atoms with Gasteiger partial charge in [0.1, 0.15) is 0 Å². The van der Waals surface area contributed by atoms with E-state index in [1.165, 1.54) is 16.0 Å². The predicted molar refractivity (Wildman–Crippen MR) is 84.4 cm³/mol. The summed E-state index contributed by atoms with van der Waals surface area (Å²) in [7, 11) is 1.85. The molecule has 1 aliphatic rings. The normalized spacial score (nSPS) is 12.7. The number of nitrogens with one attached hydrogen (secondary N) is 1. The van der Waals surface area contributed by atoms with Gasteiger partial charge in [-0.2, -0.15) is 0 Å². The minimum atomic E-state index is 0. The van der Waals surface area contributed by atoms with Crippen LogP contribution in [0.1, 0.15) is 26.4 Å². The topological polar surface area (TPSA) is 32.3 Å². The van der Waals surface area contributed by atoms with E-state index < -0.39 is 0 Å². The van der Waals surface area contributed by atoms with E-state index in [2.05, 4.69) is 17.4 Å². The third kappa shape index (κ3) is 3.03. The largest absolute Gasteiger partial charge is 0.337 e. The molecule has 20 heavy (non-hydrogen) atoms. The average Bonchev–Trinajstić information content (AvgIpc) is 3.07. The molecule has 3 rings (SSSR count). The number of nitrogens with zero attached hydrogens (tertiary/aromatic N) is 1. The van der Waals surface area contributed by atoms with Gasteiger partial charge in [0.25, 0.3) is 5.91 Å². The SMILES string of the molecule is CN(Cc1cccs1)C(=O)c1ccc2c(c1)CNC2.Cl. The fourth-order valence-corrected chi connectivity index (χ4v) is 3.11. The Labute approximate surface area is 129 Å². The van der Waals surface area contributed by atoms with E-state index in [1.807, 2.05) is 30.6 Å². The van der Waals surface area contributed by atoms with Gasteiger partial charge in [-0.1, -0.05) is 12.1 Å². The van der Waals surface area contributed by atoms with Crippen LogP contribution in [0.5, 0.6) is 0 Å². The van der Waals surface area contributed by atoms with E-state index in [0.717, 1.165) is 18.7 Å². The van der Waals surface area contributed by atoms with Gasteiger partial charge in [0.15, 0.2) is 0 Å². The number of fused-ring (bicyclic) bond motifs is 1. The highest BCUT2D eigenvalue weighted by atomic mass is 35.5. The van der Waals surface area contributed by atoms with E-state index in [-0.39, 0.29) is 18.3 Å². The molecule has 2 heterocycles. The summed E-state index contributed by atoms with van der Waals surface area (Å²) in [4.78, 5) is 15.4. The zero-order chi connectivity index (χ0) is 13.2. The third-order valence-electron chi connectivity index (χ3n) is 3.40. The third-order valence-corrected chi connectivity index (χ3v) is 4.27. The second-order valence-electron chi connectivity index (χ2n) is 4.83. The lowest BCUT2D eigenvalue weighted by molar-refractivity contribution is 0.0786. The zero-order valence-electron chi connectivity index (χ0n) is 11.3. The first-order valence-corrected chi connectivity index (χ1v) is 7.22. The van der Waals surface area contributed by atoms with Crippen LogP contribution in [-0.2, 0) is 19.6 Å². The number of hydrogen-bond donors (Lipinski definition) is 1. The molecule has 1 aromatic heterocycles. The van der Waals surface area contributed by atoms with Crippen molar-refractivity contribution in [2.45, 2.75) is 19.6 Å². The van der Waals surface area contributed by atoms with Crippen LogP contribution in [0, 0.1) is 0 Å². The number of rotatable bonds is 3. The van der Waals surface area contributed by atoms with E-state index in [4.69, 9.17) is 0 Å². The molecular formula is C15H17ClN2OS. The second kappa shape index (κ2) is 6.39. The summed E-state index contributed by atoms with van der Waals surface area (Å²) >= 11 is 1.68. The quantitative estimate of drug-likeness (QED) is 0.945. The highest BCUT2D eigenvalue weighted by Crippen LogP contribution is 2.19. The molecule has 106 valence electrons. The first-order valence-electron chi connectivity index (χ1n) is 6.34. The van der Waals surface area contributed by atoms with Crippen molar-refractivity contribution < 1.29 is 4.79 Å². The van der Waals surface area contributed by atoms with Gasteiger partial charge in [0.05, 0.1) is 6.54 Å². The van der Waals surface area contributed by atoms with Crippen molar-refractivity contribution in [2.24, 2.45) is 0 Å². The summed E-state index contributed by atoms with van der Waals surface area (Å²) in [5.41, 5.74) is 3.33. The highest BCUT2D eigenvalue weighted by Gasteiger charge is 2.16. The molecule has 2 aromatic rings. The van der Waals surface area contributed by atoms with Crippen LogP contribution >= 0.6 is 23.7 Å². The Kier molecular flexibility index (Phi) is 4.81. The first kappa shape index (κ1) is 15.0. The molecule has 0 unspecified atom stereocenters. The van der Waals surface area contributed by atoms with Crippen molar-refractivity contribution in [2.75, 3.05) is 7.05 Å². The van der Waals surface area contributed by atoms with Crippen molar-refractivity contribution in [1.82, 2.24) is 10.2 Å². The minimum Gasteiger partial charge on any atom is -0.337 e. The van der Waals surface area contributed by atoms with Crippen molar-refractivity contribution in [3.63, 3.8) is 0 Å². The number of carbonyl (C=O) groups excluding carboxylic acids is 1. The van der Waals surface area contributed by atoms with Crippen molar-refractivity contribution >= 4 is 29.7 Å². The molecular weight excluding hydrogens is 292 g/mol. The van der Waals surface area contributed by atoms with Gasteiger partial charge in [-0.05, 0) is 34.7 Å². The molecule has 0 radical (unpaired) electrons. The predicted octanol–water partition coefficient (Wildman–Crippen LogP) is 3.05. The average molecular weight is 309 g/mol. The summed E-state index contributed by atoms with van der Waals surface area (Å²) in [6, 6.07) is 10.1. The molecule has 0 atom stereocenters. The summed E-state index contributed by atoms with van der Waals surface area (Å²) < 4.78 is 0. The van der Waals surface area contributed by atoms with Gasteiger partial charge in [-0.25, -0.2) is 0 Å². The number of benzene rings is 1. The standard InChI is InChI=1S/C15H16N2OS.ClH/c1-17(10-14-3-2-6-19-14)15(18)11-4-5-12-8-16-9-13(12)7-11;/h2-7,16H,8-10H2,1H3;1H. The molecule has 5 heteroatoms. The molecule has 0 bridgehead atoms. The second-order valence-corrected chi connectivity index (χ2v) is 5.86. The van der Waals surface area contributed by atoms with Crippen LogP contribution in [0.4, 0.5) is 0 Å². The maximum atomic E-state index is 12.4. The molecule has 0 saturated heterocycles. The lowest BCUT2D eigenvalue weighted by Crippen LogP contribution is -2.25. The van der Waals surface area contributed by atoms with Crippen molar-refractivity contribution in [1.29, 1.82) is 0 Å². The molecule has 0 saturated carbocycles. The molecule has 1 aliphatic heterocycles. The summed E-state index contributed by atoms with van der Waals surface area (Å²) in [5.74, 6) is 0.0862. The fourth-order valence-electron chi connectivity index (χ4n) is 2.36. The van der Waals surface area contributed by atoms with E-state index >= 15 is 0 Å². The lowest BCUT2D eigenvalue weighted by Gasteiger charge is -2.16. The van der Waals surface area contributed by atoms with Crippen LogP contribution in [-0.4, -0.2) is 17.9 Å². The lowest BCUT2D eigenvalue weighted by atomic mass is 10.1. The molecule has 0 spiro atoms. The summed E-state index contributed by atoms with van der Waals surface area (Å²) in [5, 5.41) is 5.33. The highest BCUT2D eigenvalue weighted by molar-refractivity contribution is 7.09. The van der Waals surface area contributed by atoms with Gasteiger partial charge in [0.2, 0.25) is 0 Å². The van der Waals surface area contributed by atoms with Crippen molar-refractivity contribution in [3.8, 4) is 0 Å². The van der Waals surface area contributed by atoms with Crippen LogP contribution in [0.15, 0.2) is 35.7 Å². The fraction of sp³-hybridized carbons (Fsp3) is 0.267. The molecule has 1 amide bonds. The van der Waals surface area contributed by atoms with E-state index in [1.54, 1.807) is 16.2 Å². The van der Waals surface area contributed by atoms with Crippen LogP contribution in [0.2, 0.25) is 0 Å². The summed E-state index contributed by atoms with van der Waals surface area (Å²) in [6.45, 7) is 2.45. The Bertz CT molecular complexity index is 598. The minimum absolute atomic E-state index is 0. The number of carbonyl (C=O) groups is 1. The van der Waals surface area contributed by atoms with E-state index in [0.29, 0.717) is 6.54 Å². The van der Waals surface area contributed by atoms with Gasteiger partial charge in [0, 0.05) is 30.6 Å². The Morgan fingerprint density at radius 3 is 2.85 bits per heavy atom. The van der Waals surface area contributed by atoms with Gasteiger partial charge < -0.3 is 10.2 Å². The smallest absolute Gasteiger partial charge is 0.253 e. The van der Waals surface area contributed by atoms with Crippen LogP contribution in [0.25, 0.3) is 0 Å². The number of halogens is 1. The zero-order valence-corrected chi connectivity index (χ0v) is 12.9. The molecule has 1 N–H and O–H groups in total. The maximum absolute atomic E-state index is 12.4. The Morgan fingerprint density at radius 1 is 1.30 bits per heavy atom. The van der Waals surface area contributed by atoms with E-state index in [9.17, 15) is 4.79 Å². The Hall–Kier alpha value is -1.36. The summed E-state index contributed by atoms with van der Waals surface area (Å²) in [6.07, 6.45) is 0. The Balaban J connectivity index is 0.00000147. The van der Waals surface area contributed by atoms with Crippen LogP contribution < -0.4 is 5.32 Å². The first-order chi connectivity index (χ1) is 9.24. The van der Waals surface area contributed by atoms with Gasteiger partial charge in [-0.15, -0.1) is 23.7 Å². The monoisotopic (exact) mass is 308 g/mol. The molecule has 0 fully saturated rings. The van der Waals surface area contributed by atoms with Gasteiger partial charge in [-0.3, -0.25) is 4.79 Å². The van der Waals surface area contributed by atoms with Crippen LogP contribution in [0.3, 0.4) is 0 Å². The number of thiophene rings is 1. The molecule has 1 aromatic carbocycles. The maximum Gasteiger partial charge on any atom is 0.253 e. The molecule has 3 nitrogen and oxygen atoms in total. The Morgan fingerprint density at radius 2 is 2.10 bits per heavy atom. The van der Waals surface area contributed by atoms with Crippen molar-refractivity contribution in [3.05, 3.63) is 57.3 Å². The number of amides is 1. The number of hydrogen-bond acceptors (Lipinski definition) is 3. The van der Waals surface area contributed by atoms with Gasteiger partial charge >= 0.3 is 0 Å².